The standard InChI is InChI=1S/B3H7NS/c1-4(2,3)5/h5H,1-3H2/q+1. The summed E-state index contributed by atoms with van der Waals surface area (Å²) in [5.74, 6) is 0. The maximum atomic E-state index is 4.06. The fourth-order valence-electron chi connectivity index (χ4n) is 0. The number of rotatable bonds is 0. The quantitative estimate of drug-likeness (QED) is 0.240. The lowest BCUT2D eigenvalue weighted by molar-refractivity contribution is -0.356. The maximum absolute atomic E-state index is 4.06. The third-order valence-corrected chi connectivity index (χ3v) is 0. The van der Waals surface area contributed by atoms with E-state index < -0.39 is 0 Å². The predicted molar refractivity (Wildman–Crippen MR) is 34.9 cm³/mol. The van der Waals surface area contributed by atoms with E-state index in [1.165, 1.54) is 0 Å². The highest BCUT2D eigenvalue weighted by Crippen LogP contribution is 1.85. The molecule has 0 aliphatic heterocycles. The van der Waals surface area contributed by atoms with Crippen molar-refractivity contribution < 1.29 is 3.62 Å². The molecule has 0 aliphatic carbocycles. The Labute approximate surface area is 41.2 Å². The van der Waals surface area contributed by atoms with Gasteiger partial charge in [0.1, 0.15) is 0 Å². The lowest BCUT2D eigenvalue weighted by Crippen LogP contribution is -2.27. The fourth-order valence-corrected chi connectivity index (χ4v) is 0. The zero-order valence-electron chi connectivity index (χ0n) is 3.89. The molecule has 0 aromatic carbocycles. The van der Waals surface area contributed by atoms with E-state index in [0.717, 1.165) is 0 Å². The van der Waals surface area contributed by atoms with E-state index in [9.17, 15) is 0 Å². The Bertz CT molecular complexity index is 22.4. The first-order valence-electron chi connectivity index (χ1n) is 1.54. The summed E-state index contributed by atoms with van der Waals surface area (Å²) in [5.41, 5.74) is 0. The van der Waals surface area contributed by atoms with Crippen molar-refractivity contribution in [1.82, 2.24) is 0 Å². The predicted octanol–water partition coefficient (Wildman–Crippen LogP) is -2.71. The highest BCUT2D eigenvalue weighted by Gasteiger charge is 1.92. The minimum atomic E-state index is 0.694. The molecule has 0 saturated carbocycles. The van der Waals surface area contributed by atoms with Crippen LogP contribution in [0.4, 0.5) is 0 Å². The van der Waals surface area contributed by atoms with E-state index in [0.29, 0.717) is 3.62 Å². The Kier molecular flexibility index (Phi) is 1.44. The van der Waals surface area contributed by atoms with Crippen LogP contribution in [-0.2, 0) is 0 Å². The van der Waals surface area contributed by atoms with Crippen LogP contribution in [0.15, 0.2) is 0 Å². The van der Waals surface area contributed by atoms with Crippen LogP contribution in [0, 0.1) is 0 Å². The highest BCUT2D eigenvalue weighted by atomic mass is 32.1. The first-order valence-corrected chi connectivity index (χ1v) is 1.94. The largest absolute Gasteiger partial charge is 0.496 e. The van der Waals surface area contributed by atoms with Gasteiger partial charge < -0.3 is 3.62 Å². The van der Waals surface area contributed by atoms with Gasteiger partial charge in [0, 0.05) is 0 Å². The fraction of sp³-hybridized carbons (Fsp3) is 0. The summed E-state index contributed by atoms with van der Waals surface area (Å²) in [5, 5.41) is 0. The van der Waals surface area contributed by atoms with E-state index in [4.69, 9.17) is 0 Å². The summed E-state index contributed by atoms with van der Waals surface area (Å²) in [4.78, 5) is 0. The van der Waals surface area contributed by atoms with Gasteiger partial charge in [0.25, 0.3) is 0 Å². The first kappa shape index (κ1) is 5.50. The SMILES string of the molecule is B[N+](B)(B)S. The Morgan fingerprint density at radius 1 is 1.20 bits per heavy atom. The molecule has 5 heteroatoms. The Hall–Kier alpha value is 0.505. The lowest BCUT2D eigenvalue weighted by Gasteiger charge is -2.16. The number of nitrogens with zero attached hydrogens (tertiary/aromatic N) is 1. The van der Waals surface area contributed by atoms with Gasteiger partial charge in [-0.2, -0.15) is 0 Å². The minimum absolute atomic E-state index is 0.694. The smallest absolute Gasteiger partial charge is 0.341 e. The molecule has 0 heterocycles. The van der Waals surface area contributed by atoms with Crippen LogP contribution in [0.3, 0.4) is 0 Å². The van der Waals surface area contributed by atoms with E-state index in [-0.39, 0.29) is 0 Å². The second-order valence-electron chi connectivity index (χ2n) is 1.94. The van der Waals surface area contributed by atoms with Gasteiger partial charge in [0.2, 0.25) is 0 Å². The molecule has 0 unspecified atom stereocenters. The van der Waals surface area contributed by atoms with Crippen LogP contribution in [0.1, 0.15) is 0 Å². The summed E-state index contributed by atoms with van der Waals surface area (Å²) in [6, 6.07) is 0. The summed E-state index contributed by atoms with van der Waals surface area (Å²) in [6.45, 7) is 0. The zero-order valence-corrected chi connectivity index (χ0v) is 4.79. The van der Waals surface area contributed by atoms with E-state index in [1.807, 2.05) is 23.9 Å². The van der Waals surface area contributed by atoms with Gasteiger partial charge in [-0.05, 0) is 12.8 Å². The molecule has 0 bridgehead atoms. The van der Waals surface area contributed by atoms with Gasteiger partial charge in [-0.25, -0.2) is 0 Å². The molecule has 0 atom stereocenters. The second-order valence-corrected chi connectivity index (χ2v) is 3.14. The van der Waals surface area contributed by atoms with Crippen LogP contribution in [-0.4, -0.2) is 27.6 Å². The molecule has 0 aliphatic rings. The first-order chi connectivity index (χ1) is 2.00. The van der Waals surface area contributed by atoms with Crippen molar-refractivity contribution in [2.45, 2.75) is 0 Å². The van der Waals surface area contributed by atoms with Crippen molar-refractivity contribution in [2.75, 3.05) is 0 Å². The van der Waals surface area contributed by atoms with Gasteiger partial charge in [0.05, 0.1) is 0 Å². The molecule has 0 aromatic heterocycles. The Morgan fingerprint density at radius 2 is 1.20 bits per heavy atom. The number of quaternary nitrogens is 1. The van der Waals surface area contributed by atoms with Crippen LogP contribution in [0.2, 0.25) is 0 Å². The van der Waals surface area contributed by atoms with Gasteiger partial charge in [-0.15, -0.1) is 0 Å². The van der Waals surface area contributed by atoms with Crippen molar-refractivity contribution in [2.24, 2.45) is 0 Å². The summed E-state index contributed by atoms with van der Waals surface area (Å²) in [6.07, 6.45) is 0. The van der Waals surface area contributed by atoms with Crippen LogP contribution in [0.25, 0.3) is 0 Å². The van der Waals surface area contributed by atoms with Crippen molar-refractivity contribution in [3.8, 4) is 0 Å². The average Bonchev–Trinajstić information content (AvgIpc) is 0.722. The Balaban J connectivity index is 3.02. The van der Waals surface area contributed by atoms with Crippen LogP contribution < -0.4 is 0 Å². The van der Waals surface area contributed by atoms with Crippen molar-refractivity contribution in [3.63, 3.8) is 0 Å². The molecular formula is H7B3NS+. The molecule has 0 N–H and O–H groups in total. The third-order valence-electron chi connectivity index (χ3n) is 0. The van der Waals surface area contributed by atoms with E-state index in [2.05, 4.69) is 12.8 Å². The Morgan fingerprint density at radius 3 is 1.20 bits per heavy atom. The normalized spacial score (nSPS) is 11.4. The molecule has 0 spiro atoms. The average molecular weight is 85.6 g/mol. The molecule has 0 saturated heterocycles. The summed E-state index contributed by atoms with van der Waals surface area (Å²) >= 11 is 4.06. The van der Waals surface area contributed by atoms with Gasteiger partial charge >= 0.3 is 23.9 Å². The van der Waals surface area contributed by atoms with Gasteiger partial charge in [0.15, 0.2) is 0 Å². The second kappa shape index (κ2) is 1.31. The number of thiol groups is 1. The molecule has 0 radical (unpaired) electrons. The molecule has 1 nitrogen and oxygen atoms in total. The molecule has 0 rings (SSSR count). The number of hydrogen-bond acceptors (Lipinski definition) is 1. The van der Waals surface area contributed by atoms with Crippen LogP contribution >= 0.6 is 12.8 Å². The number of hydrogen-bond donors (Lipinski definition) is 1. The molecule has 26 valence electrons. The van der Waals surface area contributed by atoms with Gasteiger partial charge in [-0.3, -0.25) is 0 Å². The monoisotopic (exact) mass is 86.1 g/mol. The van der Waals surface area contributed by atoms with Crippen LogP contribution in [0.5, 0.6) is 0 Å². The van der Waals surface area contributed by atoms with Crippen molar-refractivity contribution >= 4 is 36.8 Å². The van der Waals surface area contributed by atoms with Crippen molar-refractivity contribution in [3.05, 3.63) is 0 Å². The maximum Gasteiger partial charge on any atom is 0.341 e. The topological polar surface area (TPSA) is 0 Å². The molecule has 0 fully saturated rings. The molecular weight excluding hydrogens is 78.5 g/mol. The summed E-state index contributed by atoms with van der Waals surface area (Å²) in [7, 11) is 5.97. The lowest BCUT2D eigenvalue weighted by atomic mass is 10.0. The van der Waals surface area contributed by atoms with Crippen molar-refractivity contribution in [1.29, 1.82) is 0 Å². The minimum Gasteiger partial charge on any atom is -0.496 e. The molecule has 5 heavy (non-hydrogen) atoms. The summed E-state index contributed by atoms with van der Waals surface area (Å²) < 4.78 is 0.694. The van der Waals surface area contributed by atoms with E-state index >= 15 is 0 Å². The van der Waals surface area contributed by atoms with Gasteiger partial charge in [-0.1, -0.05) is 0 Å². The molecule has 0 aromatic rings. The third kappa shape index (κ3) is 111. The van der Waals surface area contributed by atoms with E-state index in [1.54, 1.807) is 0 Å². The highest BCUT2D eigenvalue weighted by molar-refractivity contribution is 7.76. The molecule has 0 amide bonds. The zero-order chi connectivity index (χ0) is 4.50.